The van der Waals surface area contributed by atoms with Crippen LogP contribution < -0.4 is 5.32 Å². The van der Waals surface area contributed by atoms with Gasteiger partial charge < -0.3 is 10.3 Å². The third-order valence-corrected chi connectivity index (χ3v) is 3.08. The molecule has 0 spiro atoms. The maximum Gasteiger partial charge on any atom is 0.255 e. The van der Waals surface area contributed by atoms with Crippen LogP contribution in [-0.2, 0) is 0 Å². The lowest BCUT2D eigenvalue weighted by Gasteiger charge is -2.07. The van der Waals surface area contributed by atoms with Crippen molar-refractivity contribution in [2.45, 2.75) is 6.92 Å². The Kier molecular flexibility index (Phi) is 2.76. The van der Waals surface area contributed by atoms with E-state index in [4.69, 9.17) is 0 Å². The Bertz CT molecular complexity index is 746. The second kappa shape index (κ2) is 4.57. The van der Waals surface area contributed by atoms with Crippen LogP contribution in [0, 0.1) is 6.92 Å². The monoisotopic (exact) mass is 251 g/mol. The summed E-state index contributed by atoms with van der Waals surface area (Å²) in [6, 6.07) is 9.33. The molecule has 0 unspecified atom stereocenters. The number of rotatable bonds is 2. The predicted molar refractivity (Wildman–Crippen MR) is 75.2 cm³/mol. The number of aromatic nitrogens is 2. The average Bonchev–Trinajstić information content (AvgIpc) is 2.88. The van der Waals surface area contributed by atoms with E-state index in [-0.39, 0.29) is 5.91 Å². The molecular weight excluding hydrogens is 238 g/mol. The molecule has 0 aliphatic rings. The van der Waals surface area contributed by atoms with E-state index >= 15 is 0 Å². The van der Waals surface area contributed by atoms with Gasteiger partial charge in [0.1, 0.15) is 0 Å². The third-order valence-electron chi connectivity index (χ3n) is 3.08. The predicted octanol–water partition coefficient (Wildman–Crippen LogP) is 3.12. The van der Waals surface area contributed by atoms with Gasteiger partial charge in [-0.2, -0.15) is 0 Å². The van der Waals surface area contributed by atoms with Gasteiger partial charge in [-0.25, -0.2) is 0 Å². The van der Waals surface area contributed by atoms with Gasteiger partial charge >= 0.3 is 0 Å². The number of nitrogens with one attached hydrogen (secondary N) is 2. The highest BCUT2D eigenvalue weighted by molar-refractivity contribution is 6.06. The largest absolute Gasteiger partial charge is 0.361 e. The number of fused-ring (bicyclic) bond motifs is 1. The number of pyridine rings is 1. The zero-order valence-electron chi connectivity index (χ0n) is 10.5. The molecule has 0 fully saturated rings. The molecule has 3 aromatic rings. The van der Waals surface area contributed by atoms with Gasteiger partial charge in [0.05, 0.1) is 0 Å². The number of anilines is 1. The number of hydrogen-bond acceptors (Lipinski definition) is 2. The van der Waals surface area contributed by atoms with Crippen molar-refractivity contribution < 1.29 is 4.79 Å². The van der Waals surface area contributed by atoms with Crippen molar-refractivity contribution in [1.82, 2.24) is 9.97 Å². The minimum Gasteiger partial charge on any atom is -0.361 e. The zero-order valence-corrected chi connectivity index (χ0v) is 10.5. The summed E-state index contributed by atoms with van der Waals surface area (Å²) in [5, 5.41) is 3.92. The number of H-pyrrole nitrogens is 1. The van der Waals surface area contributed by atoms with Crippen LogP contribution in [0.4, 0.5) is 5.69 Å². The summed E-state index contributed by atoms with van der Waals surface area (Å²) in [7, 11) is 0. The van der Waals surface area contributed by atoms with Gasteiger partial charge in [0.2, 0.25) is 0 Å². The van der Waals surface area contributed by atoms with Crippen LogP contribution in [0.25, 0.3) is 10.9 Å². The highest BCUT2D eigenvalue weighted by Gasteiger charge is 2.08. The van der Waals surface area contributed by atoms with Gasteiger partial charge in [0, 0.05) is 40.7 Å². The molecule has 2 heterocycles. The summed E-state index contributed by atoms with van der Waals surface area (Å²) in [6.45, 7) is 1.91. The average molecular weight is 251 g/mol. The summed E-state index contributed by atoms with van der Waals surface area (Å²) in [5.74, 6) is -0.114. The van der Waals surface area contributed by atoms with Crippen molar-refractivity contribution in [3.63, 3.8) is 0 Å². The van der Waals surface area contributed by atoms with Crippen molar-refractivity contribution in [3.05, 3.63) is 60.0 Å². The molecule has 0 bridgehead atoms. The van der Waals surface area contributed by atoms with Crippen LogP contribution in [0.5, 0.6) is 0 Å². The highest BCUT2D eigenvalue weighted by Crippen LogP contribution is 2.17. The Morgan fingerprint density at radius 2 is 2.16 bits per heavy atom. The van der Waals surface area contributed by atoms with E-state index in [0.717, 1.165) is 22.2 Å². The Morgan fingerprint density at radius 1 is 1.26 bits per heavy atom. The molecule has 0 aliphatic carbocycles. The first kappa shape index (κ1) is 11.5. The Morgan fingerprint density at radius 3 is 3.00 bits per heavy atom. The molecular formula is C15H13N3O. The van der Waals surface area contributed by atoms with Crippen molar-refractivity contribution in [1.29, 1.82) is 0 Å². The fourth-order valence-corrected chi connectivity index (χ4v) is 2.00. The molecule has 0 radical (unpaired) electrons. The highest BCUT2D eigenvalue weighted by atomic mass is 16.1. The summed E-state index contributed by atoms with van der Waals surface area (Å²) in [4.78, 5) is 19.3. The fourth-order valence-electron chi connectivity index (χ4n) is 2.00. The van der Waals surface area contributed by atoms with E-state index in [1.54, 1.807) is 18.5 Å². The number of benzene rings is 1. The van der Waals surface area contributed by atoms with Crippen molar-refractivity contribution in [2.75, 3.05) is 5.32 Å². The standard InChI is InChI=1S/C15H13N3O/c1-10-9-16-6-5-13(10)18-15(19)12-2-3-14-11(8-12)4-7-17-14/h2-9,17H,1H3,(H,16,18,19). The second-order valence-electron chi connectivity index (χ2n) is 4.42. The van der Waals surface area contributed by atoms with Gasteiger partial charge in [0.25, 0.3) is 5.91 Å². The van der Waals surface area contributed by atoms with E-state index in [9.17, 15) is 4.79 Å². The lowest BCUT2D eigenvalue weighted by molar-refractivity contribution is 0.102. The molecule has 3 rings (SSSR count). The number of nitrogens with zero attached hydrogens (tertiary/aromatic N) is 1. The van der Waals surface area contributed by atoms with Gasteiger partial charge in [-0.1, -0.05) is 0 Å². The molecule has 1 aromatic carbocycles. The topological polar surface area (TPSA) is 57.8 Å². The summed E-state index contributed by atoms with van der Waals surface area (Å²) >= 11 is 0. The molecule has 2 N–H and O–H groups in total. The van der Waals surface area contributed by atoms with Crippen LogP contribution in [-0.4, -0.2) is 15.9 Å². The number of carbonyl (C=O) groups excluding carboxylic acids is 1. The quantitative estimate of drug-likeness (QED) is 0.735. The van der Waals surface area contributed by atoms with E-state index in [1.165, 1.54) is 0 Å². The Balaban J connectivity index is 1.89. The van der Waals surface area contributed by atoms with Gasteiger partial charge in [0.15, 0.2) is 0 Å². The number of hydrogen-bond donors (Lipinski definition) is 2. The van der Waals surface area contributed by atoms with Crippen LogP contribution in [0.15, 0.2) is 48.9 Å². The number of carbonyl (C=O) groups is 1. The first-order valence-corrected chi connectivity index (χ1v) is 6.03. The lowest BCUT2D eigenvalue weighted by atomic mass is 10.1. The lowest BCUT2D eigenvalue weighted by Crippen LogP contribution is -2.12. The van der Waals surface area contributed by atoms with Gasteiger partial charge in [-0.05, 0) is 42.8 Å². The Labute approximate surface area is 110 Å². The molecule has 0 atom stereocenters. The zero-order chi connectivity index (χ0) is 13.2. The van der Waals surface area contributed by atoms with Crippen molar-refractivity contribution in [2.24, 2.45) is 0 Å². The van der Waals surface area contributed by atoms with Crippen LogP contribution in [0.2, 0.25) is 0 Å². The minimum atomic E-state index is -0.114. The van der Waals surface area contributed by atoms with E-state index in [0.29, 0.717) is 5.56 Å². The van der Waals surface area contributed by atoms with Crippen LogP contribution in [0.1, 0.15) is 15.9 Å². The van der Waals surface area contributed by atoms with E-state index in [1.807, 2.05) is 37.4 Å². The fraction of sp³-hybridized carbons (Fsp3) is 0.0667. The molecule has 4 heteroatoms. The van der Waals surface area contributed by atoms with E-state index in [2.05, 4.69) is 15.3 Å². The third kappa shape index (κ3) is 2.20. The maximum atomic E-state index is 12.2. The first-order chi connectivity index (χ1) is 9.24. The number of aromatic amines is 1. The smallest absolute Gasteiger partial charge is 0.255 e. The summed E-state index contributed by atoms with van der Waals surface area (Å²) < 4.78 is 0. The van der Waals surface area contributed by atoms with E-state index < -0.39 is 0 Å². The molecule has 94 valence electrons. The van der Waals surface area contributed by atoms with Crippen molar-refractivity contribution >= 4 is 22.5 Å². The number of amides is 1. The first-order valence-electron chi connectivity index (χ1n) is 6.03. The van der Waals surface area contributed by atoms with Crippen LogP contribution >= 0.6 is 0 Å². The van der Waals surface area contributed by atoms with Crippen molar-refractivity contribution in [3.8, 4) is 0 Å². The molecule has 2 aromatic heterocycles. The SMILES string of the molecule is Cc1cnccc1NC(=O)c1ccc2[nH]ccc2c1. The second-order valence-corrected chi connectivity index (χ2v) is 4.42. The maximum absolute atomic E-state index is 12.2. The molecule has 1 amide bonds. The molecule has 0 saturated carbocycles. The van der Waals surface area contributed by atoms with Gasteiger partial charge in [-0.15, -0.1) is 0 Å². The normalized spacial score (nSPS) is 10.6. The molecule has 19 heavy (non-hydrogen) atoms. The Hall–Kier alpha value is -2.62. The summed E-state index contributed by atoms with van der Waals surface area (Å²) in [5.41, 5.74) is 3.40. The molecule has 0 saturated heterocycles. The molecule has 4 nitrogen and oxygen atoms in total. The number of aryl methyl sites for hydroxylation is 1. The van der Waals surface area contributed by atoms with Gasteiger partial charge in [-0.3, -0.25) is 9.78 Å². The van der Waals surface area contributed by atoms with Crippen LogP contribution in [0.3, 0.4) is 0 Å². The summed E-state index contributed by atoms with van der Waals surface area (Å²) in [6.07, 6.45) is 5.25. The minimum absolute atomic E-state index is 0.114. The molecule has 0 aliphatic heterocycles.